The Hall–Kier alpha value is -0.730. The summed E-state index contributed by atoms with van der Waals surface area (Å²) in [5.74, 6) is 0.688. The summed E-state index contributed by atoms with van der Waals surface area (Å²) in [7, 11) is 0. The predicted molar refractivity (Wildman–Crippen MR) is 65.4 cm³/mol. The summed E-state index contributed by atoms with van der Waals surface area (Å²) in [6.07, 6.45) is 5.95. The average Bonchev–Trinajstić information content (AvgIpc) is 2.93. The Kier molecular flexibility index (Phi) is 3.72. The summed E-state index contributed by atoms with van der Waals surface area (Å²) in [6.45, 7) is 7.36. The highest BCUT2D eigenvalue weighted by Gasteiger charge is 2.35. The van der Waals surface area contributed by atoms with E-state index in [1.54, 1.807) is 0 Å². The lowest BCUT2D eigenvalue weighted by Crippen LogP contribution is -2.43. The van der Waals surface area contributed by atoms with Gasteiger partial charge in [0, 0.05) is 25.7 Å². The Balaban J connectivity index is 1.87. The van der Waals surface area contributed by atoms with Crippen LogP contribution in [0.2, 0.25) is 0 Å². The normalized spacial score (nSPS) is 20.6. The zero-order valence-corrected chi connectivity index (χ0v) is 10.6. The fourth-order valence-electron chi connectivity index (χ4n) is 2.31. The number of hydrogen-bond donors (Lipinski definition) is 0. The molecule has 0 unspecified atom stereocenters. The molecule has 3 heteroatoms. The molecule has 0 aromatic rings. The molecule has 0 bridgehead atoms. The molecule has 2 fully saturated rings. The van der Waals surface area contributed by atoms with Crippen molar-refractivity contribution in [3.8, 4) is 0 Å². The molecule has 2 amide bonds. The zero-order valence-electron chi connectivity index (χ0n) is 10.6. The lowest BCUT2D eigenvalue weighted by atomic mass is 10.1. The zero-order chi connectivity index (χ0) is 11.5. The van der Waals surface area contributed by atoms with E-state index in [1.165, 1.54) is 25.7 Å². The van der Waals surface area contributed by atoms with Gasteiger partial charge in [-0.25, -0.2) is 4.79 Å². The summed E-state index contributed by atoms with van der Waals surface area (Å²) in [6, 6.07) is 0.868. The number of carbonyl (C=O) groups is 1. The maximum atomic E-state index is 12.3. The number of amides is 2. The van der Waals surface area contributed by atoms with E-state index in [9.17, 15) is 4.79 Å². The van der Waals surface area contributed by atoms with E-state index >= 15 is 0 Å². The standard InChI is InChI=1S/C13H24N2O/c1-11(2)7-10-15(12-5-6-12)13(16)14-8-3-4-9-14/h11-12H,3-10H2,1-2H3. The van der Waals surface area contributed by atoms with E-state index in [-0.39, 0.29) is 0 Å². The van der Waals surface area contributed by atoms with Crippen molar-refractivity contribution in [2.45, 2.75) is 52.0 Å². The second-order valence-corrected chi connectivity index (χ2v) is 5.58. The van der Waals surface area contributed by atoms with Crippen LogP contribution in [0.3, 0.4) is 0 Å². The van der Waals surface area contributed by atoms with Gasteiger partial charge in [-0.1, -0.05) is 13.8 Å². The van der Waals surface area contributed by atoms with Crippen LogP contribution in [0.15, 0.2) is 0 Å². The van der Waals surface area contributed by atoms with E-state index in [0.717, 1.165) is 26.1 Å². The monoisotopic (exact) mass is 224 g/mol. The number of urea groups is 1. The largest absolute Gasteiger partial charge is 0.325 e. The highest BCUT2D eigenvalue weighted by molar-refractivity contribution is 5.75. The maximum Gasteiger partial charge on any atom is 0.320 e. The minimum absolute atomic E-state index is 0.306. The second kappa shape index (κ2) is 5.07. The first-order valence-corrected chi connectivity index (χ1v) is 6.74. The van der Waals surface area contributed by atoms with Gasteiger partial charge in [0.15, 0.2) is 0 Å². The predicted octanol–water partition coefficient (Wildman–Crippen LogP) is 2.71. The molecule has 0 spiro atoms. The third-order valence-corrected chi connectivity index (χ3v) is 3.56. The molecule has 0 atom stereocenters. The van der Waals surface area contributed by atoms with Crippen molar-refractivity contribution in [3.63, 3.8) is 0 Å². The van der Waals surface area contributed by atoms with Gasteiger partial charge in [-0.2, -0.15) is 0 Å². The topological polar surface area (TPSA) is 23.6 Å². The fourth-order valence-corrected chi connectivity index (χ4v) is 2.31. The van der Waals surface area contributed by atoms with E-state index < -0.39 is 0 Å². The van der Waals surface area contributed by atoms with E-state index in [4.69, 9.17) is 0 Å². The van der Waals surface area contributed by atoms with Crippen LogP contribution < -0.4 is 0 Å². The molecular formula is C13H24N2O. The van der Waals surface area contributed by atoms with Crippen LogP contribution in [-0.2, 0) is 0 Å². The van der Waals surface area contributed by atoms with Crippen LogP contribution in [0.1, 0.15) is 46.0 Å². The lowest BCUT2D eigenvalue weighted by molar-refractivity contribution is 0.156. The molecule has 0 N–H and O–H groups in total. The molecule has 92 valence electrons. The van der Waals surface area contributed by atoms with Gasteiger partial charge in [-0.3, -0.25) is 0 Å². The summed E-state index contributed by atoms with van der Waals surface area (Å²) >= 11 is 0. The van der Waals surface area contributed by atoms with Gasteiger partial charge in [0.1, 0.15) is 0 Å². The third-order valence-electron chi connectivity index (χ3n) is 3.56. The maximum absolute atomic E-state index is 12.3. The molecular weight excluding hydrogens is 200 g/mol. The van der Waals surface area contributed by atoms with Gasteiger partial charge >= 0.3 is 6.03 Å². The SMILES string of the molecule is CC(C)CCN(C(=O)N1CCCC1)C1CC1. The number of rotatable bonds is 4. The highest BCUT2D eigenvalue weighted by Crippen LogP contribution is 2.29. The van der Waals surface area contributed by atoms with Gasteiger partial charge in [0.25, 0.3) is 0 Å². The molecule has 0 aromatic heterocycles. The summed E-state index contributed by atoms with van der Waals surface area (Å²) < 4.78 is 0. The molecule has 1 heterocycles. The number of nitrogens with zero attached hydrogens (tertiary/aromatic N) is 2. The Labute approximate surface area is 98.8 Å². The van der Waals surface area contributed by atoms with E-state index in [1.807, 2.05) is 4.90 Å². The Bertz CT molecular complexity index is 242. The Morgan fingerprint density at radius 2 is 1.94 bits per heavy atom. The minimum Gasteiger partial charge on any atom is -0.325 e. The van der Waals surface area contributed by atoms with Gasteiger partial charge < -0.3 is 9.80 Å². The highest BCUT2D eigenvalue weighted by atomic mass is 16.2. The smallest absolute Gasteiger partial charge is 0.320 e. The molecule has 1 aliphatic carbocycles. The molecule has 16 heavy (non-hydrogen) atoms. The lowest BCUT2D eigenvalue weighted by Gasteiger charge is -2.28. The van der Waals surface area contributed by atoms with Gasteiger partial charge in [0.2, 0.25) is 0 Å². The van der Waals surface area contributed by atoms with Crippen LogP contribution in [0, 0.1) is 5.92 Å². The Morgan fingerprint density at radius 3 is 2.44 bits per heavy atom. The fraction of sp³-hybridized carbons (Fsp3) is 0.923. The number of likely N-dealkylation sites (tertiary alicyclic amines) is 1. The van der Waals surface area contributed by atoms with Crippen molar-refractivity contribution in [1.29, 1.82) is 0 Å². The summed E-state index contributed by atoms with van der Waals surface area (Å²) in [5.41, 5.74) is 0. The third kappa shape index (κ3) is 2.89. The van der Waals surface area contributed by atoms with Crippen molar-refractivity contribution >= 4 is 6.03 Å². The molecule has 2 aliphatic rings. The molecule has 0 aromatic carbocycles. The van der Waals surface area contributed by atoms with Crippen LogP contribution in [-0.4, -0.2) is 41.5 Å². The van der Waals surface area contributed by atoms with Crippen molar-refractivity contribution < 1.29 is 4.79 Å². The molecule has 2 rings (SSSR count). The van der Waals surface area contributed by atoms with Crippen molar-refractivity contribution in [1.82, 2.24) is 9.80 Å². The first-order valence-electron chi connectivity index (χ1n) is 6.74. The van der Waals surface area contributed by atoms with Gasteiger partial charge in [-0.15, -0.1) is 0 Å². The first-order chi connectivity index (χ1) is 7.68. The molecule has 3 nitrogen and oxygen atoms in total. The molecule has 1 aliphatic heterocycles. The summed E-state index contributed by atoms with van der Waals surface area (Å²) in [5, 5.41) is 0. The Morgan fingerprint density at radius 1 is 1.31 bits per heavy atom. The van der Waals surface area contributed by atoms with Gasteiger partial charge in [-0.05, 0) is 38.0 Å². The second-order valence-electron chi connectivity index (χ2n) is 5.58. The average molecular weight is 224 g/mol. The van der Waals surface area contributed by atoms with Crippen LogP contribution >= 0.6 is 0 Å². The number of carbonyl (C=O) groups excluding carboxylic acids is 1. The van der Waals surface area contributed by atoms with Crippen molar-refractivity contribution in [2.75, 3.05) is 19.6 Å². The quantitative estimate of drug-likeness (QED) is 0.720. The molecule has 0 radical (unpaired) electrons. The molecule has 1 saturated heterocycles. The van der Waals surface area contributed by atoms with Crippen molar-refractivity contribution in [2.24, 2.45) is 5.92 Å². The minimum atomic E-state index is 0.306. The van der Waals surface area contributed by atoms with Gasteiger partial charge in [0.05, 0.1) is 0 Å². The van der Waals surface area contributed by atoms with E-state index in [2.05, 4.69) is 18.7 Å². The molecule has 1 saturated carbocycles. The van der Waals surface area contributed by atoms with Crippen LogP contribution in [0.25, 0.3) is 0 Å². The summed E-state index contributed by atoms with van der Waals surface area (Å²) in [4.78, 5) is 16.5. The van der Waals surface area contributed by atoms with Crippen LogP contribution in [0.5, 0.6) is 0 Å². The van der Waals surface area contributed by atoms with Crippen LogP contribution in [0.4, 0.5) is 4.79 Å². The van der Waals surface area contributed by atoms with E-state index in [0.29, 0.717) is 18.0 Å². The first kappa shape index (κ1) is 11.7. The van der Waals surface area contributed by atoms with Crippen molar-refractivity contribution in [3.05, 3.63) is 0 Å². The number of hydrogen-bond acceptors (Lipinski definition) is 1.